The number of esters is 1. The van der Waals surface area contributed by atoms with E-state index in [0.29, 0.717) is 13.0 Å². The lowest BCUT2D eigenvalue weighted by atomic mass is 10.0. The third-order valence-corrected chi connectivity index (χ3v) is 6.63. The summed E-state index contributed by atoms with van der Waals surface area (Å²) in [6.45, 7) is 0.457. The second-order valence-corrected chi connectivity index (χ2v) is 7.62. The topological polar surface area (TPSA) is 63.7 Å². The number of ether oxygens (including phenoxy) is 1. The molecule has 110 valence electrons. The molecule has 2 rings (SSSR count). The molecule has 0 bridgehead atoms. The highest BCUT2D eigenvalue weighted by Crippen LogP contribution is 2.30. The van der Waals surface area contributed by atoms with E-state index in [1.54, 1.807) is 0 Å². The van der Waals surface area contributed by atoms with Crippen molar-refractivity contribution in [1.29, 1.82) is 0 Å². The minimum Gasteiger partial charge on any atom is -0.468 e. The zero-order chi connectivity index (χ0) is 13.9. The Balaban J connectivity index is 2.18. The lowest BCUT2D eigenvalue weighted by Crippen LogP contribution is -2.51. The van der Waals surface area contributed by atoms with Crippen LogP contribution in [0.4, 0.5) is 0 Å². The summed E-state index contributed by atoms with van der Waals surface area (Å²) in [6.07, 6.45) is 6.82. The average molecular weight is 289 g/mol. The molecule has 5 nitrogen and oxygen atoms in total. The van der Waals surface area contributed by atoms with E-state index in [2.05, 4.69) is 0 Å². The number of rotatable bonds is 3. The molecule has 1 saturated carbocycles. The monoisotopic (exact) mass is 289 g/mol. The van der Waals surface area contributed by atoms with Gasteiger partial charge >= 0.3 is 5.97 Å². The molecule has 0 aromatic heterocycles. The van der Waals surface area contributed by atoms with Gasteiger partial charge in [-0.2, -0.15) is 4.31 Å². The quantitative estimate of drug-likeness (QED) is 0.742. The Morgan fingerprint density at radius 3 is 2.32 bits per heavy atom. The van der Waals surface area contributed by atoms with E-state index in [-0.39, 0.29) is 5.25 Å². The Hall–Kier alpha value is -0.620. The molecule has 1 saturated heterocycles. The number of hydrogen-bond donors (Lipinski definition) is 0. The maximum Gasteiger partial charge on any atom is 0.324 e. The molecule has 6 heteroatoms. The molecule has 1 aliphatic heterocycles. The summed E-state index contributed by atoms with van der Waals surface area (Å²) in [6, 6.07) is -0.606. The first-order valence-corrected chi connectivity index (χ1v) is 8.66. The smallest absolute Gasteiger partial charge is 0.324 e. The van der Waals surface area contributed by atoms with Crippen molar-refractivity contribution in [3.63, 3.8) is 0 Å². The third kappa shape index (κ3) is 3.11. The van der Waals surface area contributed by atoms with Crippen molar-refractivity contribution in [1.82, 2.24) is 4.31 Å². The fourth-order valence-corrected chi connectivity index (χ4v) is 5.38. The van der Waals surface area contributed by atoms with Crippen molar-refractivity contribution in [3.05, 3.63) is 0 Å². The summed E-state index contributed by atoms with van der Waals surface area (Å²) in [5.41, 5.74) is 0. The van der Waals surface area contributed by atoms with Crippen LogP contribution in [0, 0.1) is 0 Å². The van der Waals surface area contributed by atoms with Crippen LogP contribution in [0.3, 0.4) is 0 Å². The highest BCUT2D eigenvalue weighted by Gasteiger charge is 2.41. The van der Waals surface area contributed by atoms with Gasteiger partial charge in [0, 0.05) is 6.54 Å². The number of hydrogen-bond acceptors (Lipinski definition) is 4. The summed E-state index contributed by atoms with van der Waals surface area (Å²) in [5.74, 6) is -0.418. The van der Waals surface area contributed by atoms with E-state index >= 15 is 0 Å². The fraction of sp³-hybridized carbons (Fsp3) is 0.923. The minimum atomic E-state index is -3.36. The lowest BCUT2D eigenvalue weighted by Gasteiger charge is -2.36. The van der Waals surface area contributed by atoms with Gasteiger partial charge in [0.05, 0.1) is 12.4 Å². The van der Waals surface area contributed by atoms with Gasteiger partial charge in [0.1, 0.15) is 6.04 Å². The standard InChI is InChI=1S/C13H23NO4S/c1-18-13(15)12-9-5-6-10-14(12)19(16,17)11-7-3-2-4-8-11/h11-12H,2-10H2,1H3. The van der Waals surface area contributed by atoms with Crippen LogP contribution in [-0.4, -0.2) is 43.6 Å². The van der Waals surface area contributed by atoms with Crippen molar-refractivity contribution in [2.75, 3.05) is 13.7 Å². The van der Waals surface area contributed by atoms with E-state index < -0.39 is 22.0 Å². The van der Waals surface area contributed by atoms with Gasteiger partial charge in [-0.15, -0.1) is 0 Å². The second-order valence-electron chi connectivity index (χ2n) is 5.45. The zero-order valence-corrected chi connectivity index (χ0v) is 12.3. The van der Waals surface area contributed by atoms with Crippen molar-refractivity contribution in [3.8, 4) is 0 Å². The molecule has 0 amide bonds. The summed E-state index contributed by atoms with van der Waals surface area (Å²) in [5, 5.41) is -0.300. The SMILES string of the molecule is COC(=O)C1CCCCN1S(=O)(=O)C1CCCCC1. The van der Waals surface area contributed by atoms with Crippen LogP contribution < -0.4 is 0 Å². The minimum absolute atomic E-state index is 0.300. The van der Waals surface area contributed by atoms with E-state index in [1.165, 1.54) is 11.4 Å². The average Bonchev–Trinajstić information content (AvgIpc) is 2.47. The molecule has 19 heavy (non-hydrogen) atoms. The molecule has 2 fully saturated rings. The number of carbonyl (C=O) groups is 1. The van der Waals surface area contributed by atoms with E-state index in [1.807, 2.05) is 0 Å². The molecule has 0 spiro atoms. The summed E-state index contributed by atoms with van der Waals surface area (Å²) >= 11 is 0. The van der Waals surface area contributed by atoms with Gasteiger partial charge in [-0.3, -0.25) is 4.79 Å². The van der Waals surface area contributed by atoms with Crippen LogP contribution in [0.1, 0.15) is 51.4 Å². The van der Waals surface area contributed by atoms with Crippen molar-refractivity contribution >= 4 is 16.0 Å². The van der Waals surface area contributed by atoms with Crippen LogP contribution in [0.5, 0.6) is 0 Å². The number of sulfonamides is 1. The molecule has 0 aromatic carbocycles. The number of piperidine rings is 1. The normalized spacial score (nSPS) is 27.1. The van der Waals surface area contributed by atoms with Crippen LogP contribution in [0.2, 0.25) is 0 Å². The summed E-state index contributed by atoms with van der Waals surface area (Å²) in [4.78, 5) is 11.8. The highest BCUT2D eigenvalue weighted by atomic mass is 32.2. The molecule has 0 N–H and O–H groups in total. The van der Waals surface area contributed by atoms with Crippen molar-refractivity contribution in [2.45, 2.75) is 62.7 Å². The molecule has 0 aromatic rings. The van der Waals surface area contributed by atoms with E-state index in [4.69, 9.17) is 4.74 Å². The van der Waals surface area contributed by atoms with E-state index in [9.17, 15) is 13.2 Å². The van der Waals surface area contributed by atoms with Crippen LogP contribution >= 0.6 is 0 Å². The van der Waals surface area contributed by atoms with Gasteiger partial charge in [-0.05, 0) is 32.1 Å². The Bertz CT molecular complexity index is 414. The predicted molar refractivity (Wildman–Crippen MR) is 72.2 cm³/mol. The number of carbonyl (C=O) groups excluding carboxylic acids is 1. The van der Waals surface area contributed by atoms with Gasteiger partial charge in [0.25, 0.3) is 0 Å². The van der Waals surface area contributed by atoms with Gasteiger partial charge in [0.15, 0.2) is 0 Å². The van der Waals surface area contributed by atoms with Gasteiger partial charge in [0.2, 0.25) is 10.0 Å². The van der Waals surface area contributed by atoms with Crippen LogP contribution in [0.25, 0.3) is 0 Å². The highest BCUT2D eigenvalue weighted by molar-refractivity contribution is 7.89. The maximum atomic E-state index is 12.7. The maximum absolute atomic E-state index is 12.7. The summed E-state index contributed by atoms with van der Waals surface area (Å²) in [7, 11) is -2.04. The first-order valence-electron chi connectivity index (χ1n) is 7.16. The largest absolute Gasteiger partial charge is 0.468 e. The third-order valence-electron chi connectivity index (χ3n) is 4.23. The molecular weight excluding hydrogens is 266 g/mol. The zero-order valence-electron chi connectivity index (χ0n) is 11.5. The molecule has 1 unspecified atom stereocenters. The van der Waals surface area contributed by atoms with Gasteiger partial charge in [-0.25, -0.2) is 8.42 Å². The molecule has 1 atom stereocenters. The molecule has 0 radical (unpaired) electrons. The predicted octanol–water partition coefficient (Wildman–Crippen LogP) is 1.68. The Kier molecular flexibility index (Phi) is 4.84. The Morgan fingerprint density at radius 2 is 1.68 bits per heavy atom. The molecule has 1 aliphatic carbocycles. The molecule has 1 heterocycles. The molecular formula is C13H23NO4S. The van der Waals surface area contributed by atoms with Crippen LogP contribution in [-0.2, 0) is 19.6 Å². The van der Waals surface area contributed by atoms with Crippen LogP contribution in [0.15, 0.2) is 0 Å². The number of methoxy groups -OCH3 is 1. The second kappa shape index (κ2) is 6.22. The summed E-state index contributed by atoms with van der Waals surface area (Å²) < 4.78 is 31.6. The van der Waals surface area contributed by atoms with E-state index in [0.717, 1.165) is 44.9 Å². The fourth-order valence-electron chi connectivity index (χ4n) is 3.14. The van der Waals surface area contributed by atoms with Crippen molar-refractivity contribution < 1.29 is 17.9 Å². The number of nitrogens with zero attached hydrogens (tertiary/aromatic N) is 1. The van der Waals surface area contributed by atoms with Crippen molar-refractivity contribution in [2.24, 2.45) is 0 Å². The van der Waals surface area contributed by atoms with Gasteiger partial charge < -0.3 is 4.74 Å². The lowest BCUT2D eigenvalue weighted by molar-refractivity contribution is -0.146. The molecule has 2 aliphatic rings. The Labute approximate surface area is 115 Å². The Morgan fingerprint density at radius 1 is 1.05 bits per heavy atom. The first-order chi connectivity index (χ1) is 9.07. The van der Waals surface area contributed by atoms with Gasteiger partial charge in [-0.1, -0.05) is 19.3 Å². The first kappa shape index (κ1) is 14.8.